The molecule has 0 atom stereocenters. The summed E-state index contributed by atoms with van der Waals surface area (Å²) < 4.78 is 10.9. The molecule has 35 heavy (non-hydrogen) atoms. The molecule has 2 N–H and O–H groups in total. The second-order valence-electron chi connectivity index (χ2n) is 8.16. The maximum Gasteiger partial charge on any atom is 0.273 e. The van der Waals surface area contributed by atoms with Crippen LogP contribution < -0.4 is 15.4 Å². The SMILES string of the molecule is Cc1cccc(C(=O)Nc2ccc(OCc3cc(C(=O)NCCCc4ccccc4)no3)cc2)c1. The van der Waals surface area contributed by atoms with Crippen molar-refractivity contribution < 1.29 is 18.8 Å². The number of benzene rings is 3. The highest BCUT2D eigenvalue weighted by atomic mass is 16.5. The average molecular weight is 470 g/mol. The van der Waals surface area contributed by atoms with Gasteiger partial charge in [-0.15, -0.1) is 0 Å². The van der Waals surface area contributed by atoms with Crippen molar-refractivity contribution in [2.24, 2.45) is 0 Å². The fourth-order valence-corrected chi connectivity index (χ4v) is 3.50. The van der Waals surface area contributed by atoms with Gasteiger partial charge in [0.25, 0.3) is 11.8 Å². The smallest absolute Gasteiger partial charge is 0.273 e. The first-order valence-electron chi connectivity index (χ1n) is 11.5. The number of amides is 2. The van der Waals surface area contributed by atoms with Crippen molar-refractivity contribution in [1.82, 2.24) is 10.5 Å². The molecule has 4 aromatic rings. The first-order valence-corrected chi connectivity index (χ1v) is 11.5. The molecular formula is C28H27N3O4. The highest BCUT2D eigenvalue weighted by molar-refractivity contribution is 6.04. The molecule has 0 aliphatic rings. The Labute approximate surface area is 204 Å². The van der Waals surface area contributed by atoms with Crippen molar-refractivity contribution in [3.8, 4) is 5.75 Å². The molecule has 0 aliphatic heterocycles. The molecular weight excluding hydrogens is 442 g/mol. The summed E-state index contributed by atoms with van der Waals surface area (Å²) in [5, 5.41) is 9.55. The lowest BCUT2D eigenvalue weighted by molar-refractivity contribution is 0.0943. The van der Waals surface area contributed by atoms with Crippen LogP contribution in [-0.4, -0.2) is 23.5 Å². The summed E-state index contributed by atoms with van der Waals surface area (Å²) in [5.41, 5.74) is 3.75. The van der Waals surface area contributed by atoms with Crippen molar-refractivity contribution in [3.05, 3.63) is 113 Å². The molecule has 0 aliphatic carbocycles. The van der Waals surface area contributed by atoms with Crippen molar-refractivity contribution in [3.63, 3.8) is 0 Å². The van der Waals surface area contributed by atoms with Gasteiger partial charge >= 0.3 is 0 Å². The summed E-state index contributed by atoms with van der Waals surface area (Å²) in [6.07, 6.45) is 1.73. The van der Waals surface area contributed by atoms with E-state index in [9.17, 15) is 9.59 Å². The van der Waals surface area contributed by atoms with E-state index in [4.69, 9.17) is 9.26 Å². The molecule has 0 saturated heterocycles. The number of nitrogens with one attached hydrogen (secondary N) is 2. The van der Waals surface area contributed by atoms with E-state index in [1.165, 1.54) is 5.56 Å². The Bertz CT molecular complexity index is 1270. The molecule has 2 amide bonds. The number of aryl methyl sites for hydroxylation is 2. The minimum absolute atomic E-state index is 0.128. The maximum absolute atomic E-state index is 12.4. The normalized spacial score (nSPS) is 10.5. The number of ether oxygens (including phenoxy) is 1. The van der Waals surface area contributed by atoms with Gasteiger partial charge in [0.15, 0.2) is 11.5 Å². The zero-order valence-corrected chi connectivity index (χ0v) is 19.5. The van der Waals surface area contributed by atoms with Gasteiger partial charge < -0.3 is 19.9 Å². The van der Waals surface area contributed by atoms with Crippen LogP contribution in [0.5, 0.6) is 5.75 Å². The van der Waals surface area contributed by atoms with Gasteiger partial charge in [-0.05, 0) is 61.7 Å². The number of rotatable bonds is 10. The highest BCUT2D eigenvalue weighted by Gasteiger charge is 2.13. The van der Waals surface area contributed by atoms with Crippen LogP contribution in [0.3, 0.4) is 0 Å². The molecule has 1 aromatic heterocycles. The van der Waals surface area contributed by atoms with Gasteiger partial charge in [-0.25, -0.2) is 0 Å². The Balaban J connectivity index is 1.21. The van der Waals surface area contributed by atoms with E-state index in [0.29, 0.717) is 29.3 Å². The van der Waals surface area contributed by atoms with Crippen molar-refractivity contribution in [1.29, 1.82) is 0 Å². The Morgan fingerprint density at radius 2 is 1.71 bits per heavy atom. The largest absolute Gasteiger partial charge is 0.486 e. The molecule has 0 unspecified atom stereocenters. The first kappa shape index (κ1) is 23.8. The zero-order valence-electron chi connectivity index (χ0n) is 19.5. The third-order valence-corrected chi connectivity index (χ3v) is 5.34. The van der Waals surface area contributed by atoms with Crippen LogP contribution >= 0.6 is 0 Å². The topological polar surface area (TPSA) is 93.5 Å². The predicted molar refractivity (Wildman–Crippen MR) is 134 cm³/mol. The van der Waals surface area contributed by atoms with Crippen LogP contribution in [0.2, 0.25) is 0 Å². The maximum atomic E-state index is 12.4. The predicted octanol–water partition coefficient (Wildman–Crippen LogP) is 5.18. The van der Waals surface area contributed by atoms with Crippen molar-refractivity contribution in [2.75, 3.05) is 11.9 Å². The van der Waals surface area contributed by atoms with E-state index in [-0.39, 0.29) is 24.1 Å². The van der Waals surface area contributed by atoms with Gasteiger partial charge in [0.1, 0.15) is 12.4 Å². The molecule has 0 fully saturated rings. The van der Waals surface area contributed by atoms with Crippen LogP contribution in [-0.2, 0) is 13.0 Å². The molecule has 4 rings (SSSR count). The van der Waals surface area contributed by atoms with E-state index in [0.717, 1.165) is 18.4 Å². The van der Waals surface area contributed by atoms with Crippen molar-refractivity contribution >= 4 is 17.5 Å². The number of hydrogen-bond acceptors (Lipinski definition) is 5. The van der Waals surface area contributed by atoms with E-state index in [1.807, 2.05) is 43.3 Å². The summed E-state index contributed by atoms with van der Waals surface area (Å²) in [7, 11) is 0. The fourth-order valence-electron chi connectivity index (χ4n) is 3.50. The molecule has 0 radical (unpaired) electrons. The summed E-state index contributed by atoms with van der Waals surface area (Å²) >= 11 is 0. The molecule has 0 saturated carbocycles. The van der Waals surface area contributed by atoms with Crippen LogP contribution in [0.15, 0.2) is 89.5 Å². The van der Waals surface area contributed by atoms with Crippen LogP contribution in [0, 0.1) is 6.92 Å². The molecule has 1 heterocycles. The Hall–Kier alpha value is -4.39. The van der Waals surface area contributed by atoms with Crippen molar-refractivity contribution in [2.45, 2.75) is 26.4 Å². The third-order valence-electron chi connectivity index (χ3n) is 5.34. The Kier molecular flexibility index (Phi) is 7.91. The second kappa shape index (κ2) is 11.7. The van der Waals surface area contributed by atoms with Gasteiger partial charge in [0.2, 0.25) is 0 Å². The zero-order chi connectivity index (χ0) is 24.5. The molecule has 3 aromatic carbocycles. The Morgan fingerprint density at radius 3 is 2.49 bits per heavy atom. The molecule has 7 nitrogen and oxygen atoms in total. The first-order chi connectivity index (χ1) is 17.1. The van der Waals surface area contributed by atoms with Gasteiger partial charge in [-0.3, -0.25) is 9.59 Å². The van der Waals surface area contributed by atoms with Crippen LogP contribution in [0.4, 0.5) is 5.69 Å². The van der Waals surface area contributed by atoms with E-state index in [2.05, 4.69) is 27.9 Å². The quantitative estimate of drug-likeness (QED) is 0.312. The van der Waals surface area contributed by atoms with Gasteiger partial charge in [0.05, 0.1) is 0 Å². The number of carbonyl (C=O) groups is 2. The molecule has 0 spiro atoms. The minimum atomic E-state index is -0.276. The monoisotopic (exact) mass is 469 g/mol. The molecule has 0 bridgehead atoms. The van der Waals surface area contributed by atoms with Gasteiger partial charge in [-0.1, -0.05) is 53.2 Å². The van der Waals surface area contributed by atoms with E-state index >= 15 is 0 Å². The van der Waals surface area contributed by atoms with E-state index < -0.39 is 0 Å². The van der Waals surface area contributed by atoms with Gasteiger partial charge in [0, 0.05) is 23.9 Å². The summed E-state index contributed by atoms with van der Waals surface area (Å²) in [6, 6.07) is 26.1. The average Bonchev–Trinajstić information content (AvgIpc) is 3.36. The lowest BCUT2D eigenvalue weighted by Crippen LogP contribution is -2.25. The number of carbonyl (C=O) groups excluding carboxylic acids is 2. The van der Waals surface area contributed by atoms with E-state index in [1.54, 1.807) is 36.4 Å². The summed E-state index contributed by atoms with van der Waals surface area (Å²) in [5.74, 6) is 0.592. The third kappa shape index (κ3) is 7.04. The van der Waals surface area contributed by atoms with Crippen LogP contribution in [0.1, 0.15) is 44.2 Å². The summed E-state index contributed by atoms with van der Waals surface area (Å²) in [6.45, 7) is 2.63. The number of anilines is 1. The Morgan fingerprint density at radius 1 is 0.914 bits per heavy atom. The fraction of sp³-hybridized carbons (Fsp3) is 0.179. The number of aromatic nitrogens is 1. The lowest BCUT2D eigenvalue weighted by atomic mass is 10.1. The number of hydrogen-bond donors (Lipinski definition) is 2. The molecule has 178 valence electrons. The number of nitrogens with zero attached hydrogens (tertiary/aromatic N) is 1. The standard InChI is InChI=1S/C28H27N3O4/c1-20-7-5-11-22(17-20)27(32)30-23-12-14-24(15-13-23)34-19-25-18-26(31-35-25)28(33)29-16-6-10-21-8-3-2-4-9-21/h2-5,7-9,11-15,17-18H,6,10,16,19H2,1H3,(H,29,33)(H,30,32). The van der Waals surface area contributed by atoms with Crippen LogP contribution in [0.25, 0.3) is 0 Å². The minimum Gasteiger partial charge on any atom is -0.486 e. The molecule has 7 heteroatoms. The van der Waals surface area contributed by atoms with Gasteiger partial charge in [-0.2, -0.15) is 0 Å². The second-order valence-corrected chi connectivity index (χ2v) is 8.16. The highest BCUT2D eigenvalue weighted by Crippen LogP contribution is 2.18. The lowest BCUT2D eigenvalue weighted by Gasteiger charge is -2.08. The summed E-state index contributed by atoms with van der Waals surface area (Å²) in [4.78, 5) is 24.7.